The van der Waals surface area contributed by atoms with Crippen LogP contribution in [0.25, 0.3) is 5.69 Å². The van der Waals surface area contributed by atoms with Gasteiger partial charge < -0.3 is 9.88 Å². The van der Waals surface area contributed by atoms with E-state index in [0.29, 0.717) is 10.2 Å². The van der Waals surface area contributed by atoms with Crippen LogP contribution in [0.3, 0.4) is 0 Å². The second-order valence-corrected chi connectivity index (χ2v) is 6.04. The van der Waals surface area contributed by atoms with Gasteiger partial charge in [0, 0.05) is 17.1 Å². The molecule has 0 saturated heterocycles. The monoisotopic (exact) mass is 334 g/mol. The van der Waals surface area contributed by atoms with E-state index in [0.717, 1.165) is 22.6 Å². The molecule has 0 aliphatic heterocycles. The Hall–Kier alpha value is -2.72. The van der Waals surface area contributed by atoms with Gasteiger partial charge in [0.25, 0.3) is 5.91 Å². The number of benzene rings is 2. The van der Waals surface area contributed by atoms with Crippen LogP contribution >= 0.6 is 12.2 Å². The minimum Gasteiger partial charge on any atom is -0.322 e. The molecule has 1 aromatic heterocycles. The van der Waals surface area contributed by atoms with E-state index >= 15 is 0 Å². The van der Waals surface area contributed by atoms with E-state index in [1.165, 1.54) is 0 Å². The molecule has 0 aliphatic carbocycles. The fourth-order valence-electron chi connectivity index (χ4n) is 2.84. The molecule has 0 fully saturated rings. The van der Waals surface area contributed by atoms with Crippen molar-refractivity contribution in [3.8, 4) is 5.69 Å². The molecule has 3 rings (SSSR count). The van der Waals surface area contributed by atoms with Crippen LogP contribution in [0.1, 0.15) is 21.6 Å². The number of carbonyl (C=O) groups excluding carboxylic acids is 1. The lowest BCUT2D eigenvalue weighted by Crippen LogP contribution is -2.18. The number of hydrogen-bond acceptors (Lipinski definition) is 2. The van der Waals surface area contributed by atoms with Gasteiger partial charge >= 0.3 is 0 Å². The third kappa shape index (κ3) is 3.14. The Balaban J connectivity index is 2.09. The highest BCUT2D eigenvalue weighted by Gasteiger charge is 2.16. The van der Waals surface area contributed by atoms with E-state index in [1.54, 1.807) is 0 Å². The molecule has 0 unspecified atom stereocenters. The summed E-state index contributed by atoms with van der Waals surface area (Å²) >= 11 is 5.52. The summed E-state index contributed by atoms with van der Waals surface area (Å²) in [5.74, 6) is -0.129. The van der Waals surface area contributed by atoms with Crippen LogP contribution in [0.15, 0.2) is 66.7 Å². The molecule has 0 aliphatic rings. The minimum absolute atomic E-state index is 0.129. The van der Waals surface area contributed by atoms with Gasteiger partial charge in [-0.1, -0.05) is 48.6 Å². The number of para-hydroxylation sites is 2. The number of nitrogens with one attached hydrogen (secondary N) is 1. The van der Waals surface area contributed by atoms with Gasteiger partial charge in [-0.05, 0) is 49.7 Å². The predicted octanol–water partition coefficient (Wildman–Crippen LogP) is 5.08. The van der Waals surface area contributed by atoms with Crippen molar-refractivity contribution in [1.82, 2.24) is 4.57 Å². The lowest BCUT2D eigenvalue weighted by molar-refractivity contribution is 0.102. The van der Waals surface area contributed by atoms with Crippen LogP contribution in [0.5, 0.6) is 0 Å². The third-order valence-electron chi connectivity index (χ3n) is 3.93. The maximum absolute atomic E-state index is 12.8. The SMILES string of the molecule is Cc1cc(=S)n(-c2ccccc2)c(C)c1C(=O)Nc1ccccc1. The van der Waals surface area contributed by atoms with Gasteiger partial charge in [-0.25, -0.2) is 0 Å². The number of aryl methyl sites for hydroxylation is 1. The number of anilines is 1. The largest absolute Gasteiger partial charge is 0.322 e. The summed E-state index contributed by atoms with van der Waals surface area (Å²) in [6.45, 7) is 3.84. The molecule has 0 spiro atoms. The molecule has 120 valence electrons. The Morgan fingerprint density at radius 3 is 2.17 bits per heavy atom. The van der Waals surface area contributed by atoms with E-state index in [4.69, 9.17) is 12.2 Å². The highest BCUT2D eigenvalue weighted by Crippen LogP contribution is 2.21. The Kier molecular flexibility index (Phi) is 4.58. The molecule has 0 radical (unpaired) electrons. The molecule has 1 amide bonds. The van der Waals surface area contributed by atoms with Gasteiger partial charge in [0.2, 0.25) is 0 Å². The van der Waals surface area contributed by atoms with Gasteiger partial charge in [-0.3, -0.25) is 4.79 Å². The number of amides is 1. The summed E-state index contributed by atoms with van der Waals surface area (Å²) in [6, 6.07) is 21.2. The molecular weight excluding hydrogens is 316 g/mol. The fraction of sp³-hybridized carbons (Fsp3) is 0.100. The van der Waals surface area contributed by atoms with Crippen LogP contribution in [-0.4, -0.2) is 10.5 Å². The minimum atomic E-state index is -0.129. The highest BCUT2D eigenvalue weighted by atomic mass is 32.1. The summed E-state index contributed by atoms with van der Waals surface area (Å²) < 4.78 is 2.62. The first-order valence-corrected chi connectivity index (χ1v) is 8.14. The quantitative estimate of drug-likeness (QED) is 0.678. The summed E-state index contributed by atoms with van der Waals surface area (Å²) in [4.78, 5) is 12.8. The molecule has 2 aromatic carbocycles. The second kappa shape index (κ2) is 6.81. The van der Waals surface area contributed by atoms with Crippen molar-refractivity contribution in [1.29, 1.82) is 0 Å². The lowest BCUT2D eigenvalue weighted by atomic mass is 10.1. The van der Waals surface area contributed by atoms with Crippen LogP contribution in [0.4, 0.5) is 5.69 Å². The molecular formula is C20H18N2OS. The van der Waals surface area contributed by atoms with Gasteiger partial charge in [0.05, 0.1) is 5.56 Å². The molecule has 0 bridgehead atoms. The fourth-order valence-corrected chi connectivity index (χ4v) is 3.26. The summed E-state index contributed by atoms with van der Waals surface area (Å²) in [6.07, 6.45) is 0. The van der Waals surface area contributed by atoms with Crippen LogP contribution < -0.4 is 5.32 Å². The van der Waals surface area contributed by atoms with Crippen molar-refractivity contribution in [3.63, 3.8) is 0 Å². The zero-order valence-corrected chi connectivity index (χ0v) is 14.4. The number of nitrogens with zero attached hydrogens (tertiary/aromatic N) is 1. The van der Waals surface area contributed by atoms with Crippen molar-refractivity contribution in [3.05, 3.63) is 88.2 Å². The number of pyridine rings is 1. The molecule has 1 N–H and O–H groups in total. The Morgan fingerprint density at radius 1 is 0.958 bits per heavy atom. The van der Waals surface area contributed by atoms with E-state index in [2.05, 4.69) is 5.32 Å². The average molecular weight is 334 g/mol. The smallest absolute Gasteiger partial charge is 0.257 e. The van der Waals surface area contributed by atoms with Gasteiger partial charge in [0.1, 0.15) is 4.64 Å². The molecule has 1 heterocycles. The Labute approximate surface area is 146 Å². The van der Waals surface area contributed by atoms with Crippen LogP contribution in [-0.2, 0) is 0 Å². The number of aromatic nitrogens is 1. The van der Waals surface area contributed by atoms with Crippen molar-refractivity contribution >= 4 is 23.8 Å². The van der Waals surface area contributed by atoms with Gasteiger partial charge in [-0.15, -0.1) is 0 Å². The lowest BCUT2D eigenvalue weighted by Gasteiger charge is -2.17. The number of carbonyl (C=O) groups is 1. The summed E-state index contributed by atoms with van der Waals surface area (Å²) in [5, 5.41) is 2.95. The van der Waals surface area contributed by atoms with E-state index in [9.17, 15) is 4.79 Å². The first-order chi connectivity index (χ1) is 11.6. The van der Waals surface area contributed by atoms with Crippen molar-refractivity contribution < 1.29 is 4.79 Å². The predicted molar refractivity (Wildman–Crippen MR) is 100 cm³/mol. The number of rotatable bonds is 3. The second-order valence-electron chi connectivity index (χ2n) is 5.62. The van der Waals surface area contributed by atoms with Crippen molar-refractivity contribution in [2.75, 3.05) is 5.32 Å². The maximum atomic E-state index is 12.8. The molecule has 24 heavy (non-hydrogen) atoms. The van der Waals surface area contributed by atoms with E-state index < -0.39 is 0 Å². The average Bonchev–Trinajstić information content (AvgIpc) is 2.56. The highest BCUT2D eigenvalue weighted by molar-refractivity contribution is 7.71. The molecule has 3 nitrogen and oxygen atoms in total. The van der Waals surface area contributed by atoms with Crippen molar-refractivity contribution in [2.45, 2.75) is 13.8 Å². The summed E-state index contributed by atoms with van der Waals surface area (Å²) in [7, 11) is 0. The Bertz CT molecular complexity index is 931. The standard InChI is InChI=1S/C20H18N2OS/c1-14-13-18(24)22(17-11-7-4-8-12-17)15(2)19(14)20(23)21-16-9-5-3-6-10-16/h3-13H,1-2H3,(H,21,23). The zero-order valence-electron chi connectivity index (χ0n) is 13.6. The van der Waals surface area contributed by atoms with Gasteiger partial charge in [-0.2, -0.15) is 0 Å². The van der Waals surface area contributed by atoms with E-state index in [-0.39, 0.29) is 5.91 Å². The van der Waals surface area contributed by atoms with Gasteiger partial charge in [0.15, 0.2) is 0 Å². The topological polar surface area (TPSA) is 34.0 Å². The first-order valence-electron chi connectivity index (χ1n) is 7.73. The van der Waals surface area contributed by atoms with Crippen LogP contribution in [0.2, 0.25) is 0 Å². The van der Waals surface area contributed by atoms with E-state index in [1.807, 2.05) is 85.1 Å². The number of hydrogen-bond donors (Lipinski definition) is 1. The molecule has 0 saturated carbocycles. The maximum Gasteiger partial charge on any atom is 0.257 e. The first kappa shape index (κ1) is 16.1. The van der Waals surface area contributed by atoms with Crippen molar-refractivity contribution in [2.24, 2.45) is 0 Å². The molecule has 3 aromatic rings. The molecule has 4 heteroatoms. The van der Waals surface area contributed by atoms with Crippen LogP contribution in [0, 0.1) is 18.5 Å². The molecule has 0 atom stereocenters. The summed E-state index contributed by atoms with van der Waals surface area (Å²) in [5.41, 5.74) is 4.08. The third-order valence-corrected chi connectivity index (χ3v) is 4.23. The normalized spacial score (nSPS) is 10.4. The Morgan fingerprint density at radius 2 is 1.54 bits per heavy atom. The zero-order chi connectivity index (χ0) is 17.1.